The summed E-state index contributed by atoms with van der Waals surface area (Å²) in [5, 5.41) is 11.2. The van der Waals surface area contributed by atoms with Crippen LogP contribution in [0.15, 0.2) is 29.3 Å². The molecule has 0 saturated carbocycles. The maximum atomic E-state index is 10.6. The summed E-state index contributed by atoms with van der Waals surface area (Å²) in [6, 6.07) is 6.80. The molecule has 1 heterocycles. The molecule has 84 valence electrons. The summed E-state index contributed by atoms with van der Waals surface area (Å²) in [6.45, 7) is 0. The zero-order valence-corrected chi connectivity index (χ0v) is 9.31. The van der Waals surface area contributed by atoms with Crippen LogP contribution in [0.1, 0.15) is 5.56 Å². The van der Waals surface area contributed by atoms with Crippen LogP contribution >= 0.6 is 11.8 Å². The third kappa shape index (κ3) is 2.52. The lowest BCUT2D eigenvalue weighted by Gasteiger charge is -2.05. The standard InChI is InChI=1S/C10H11N3O2S/c11-10-12-8(6-16-10)4-7-2-1-3-9(5-7)13(14)15/h1-3,5,8H,4,6H2,(H2,11,12)/t8-/m0/s1. The van der Waals surface area contributed by atoms with Crippen molar-refractivity contribution in [1.29, 1.82) is 0 Å². The predicted octanol–water partition coefficient (Wildman–Crippen LogP) is 1.57. The number of thioether (sulfide) groups is 1. The van der Waals surface area contributed by atoms with E-state index in [9.17, 15) is 10.1 Å². The predicted molar refractivity (Wildman–Crippen MR) is 64.7 cm³/mol. The molecule has 1 aromatic rings. The van der Waals surface area contributed by atoms with E-state index in [1.807, 2.05) is 6.07 Å². The zero-order chi connectivity index (χ0) is 11.5. The van der Waals surface area contributed by atoms with E-state index in [0.29, 0.717) is 11.6 Å². The second-order valence-electron chi connectivity index (χ2n) is 3.56. The lowest BCUT2D eigenvalue weighted by atomic mass is 10.1. The molecule has 1 aliphatic rings. The minimum atomic E-state index is -0.384. The number of benzene rings is 1. The molecule has 2 N–H and O–H groups in total. The molecule has 5 nitrogen and oxygen atoms in total. The molecule has 0 saturated heterocycles. The number of nitro benzene ring substituents is 1. The van der Waals surface area contributed by atoms with E-state index < -0.39 is 0 Å². The largest absolute Gasteiger partial charge is 0.379 e. The molecule has 1 aromatic carbocycles. The fraction of sp³-hybridized carbons (Fsp3) is 0.300. The van der Waals surface area contributed by atoms with Crippen LogP contribution in [0.4, 0.5) is 5.69 Å². The number of nitrogens with two attached hydrogens (primary N) is 1. The fourth-order valence-electron chi connectivity index (χ4n) is 1.61. The van der Waals surface area contributed by atoms with E-state index in [2.05, 4.69) is 4.99 Å². The Morgan fingerprint density at radius 3 is 3.06 bits per heavy atom. The van der Waals surface area contributed by atoms with Gasteiger partial charge in [-0.1, -0.05) is 23.9 Å². The summed E-state index contributed by atoms with van der Waals surface area (Å²) in [5.41, 5.74) is 6.62. The van der Waals surface area contributed by atoms with E-state index in [4.69, 9.17) is 5.73 Å². The summed E-state index contributed by atoms with van der Waals surface area (Å²) >= 11 is 1.53. The molecule has 16 heavy (non-hydrogen) atoms. The van der Waals surface area contributed by atoms with Gasteiger partial charge in [-0.15, -0.1) is 0 Å². The smallest absolute Gasteiger partial charge is 0.269 e. The van der Waals surface area contributed by atoms with E-state index in [0.717, 1.165) is 11.3 Å². The summed E-state index contributed by atoms with van der Waals surface area (Å²) in [6.07, 6.45) is 0.704. The van der Waals surface area contributed by atoms with Gasteiger partial charge in [-0.25, -0.2) is 0 Å². The molecule has 0 fully saturated rings. The first kappa shape index (κ1) is 10.9. The van der Waals surface area contributed by atoms with Crippen molar-refractivity contribution < 1.29 is 4.92 Å². The van der Waals surface area contributed by atoms with Crippen LogP contribution in [0, 0.1) is 10.1 Å². The van der Waals surface area contributed by atoms with Gasteiger partial charge < -0.3 is 5.73 Å². The minimum absolute atomic E-state index is 0.125. The molecule has 0 aromatic heterocycles. The Hall–Kier alpha value is -1.56. The molecule has 2 rings (SSSR count). The van der Waals surface area contributed by atoms with Gasteiger partial charge in [-0.2, -0.15) is 0 Å². The number of hydrogen-bond donors (Lipinski definition) is 1. The van der Waals surface area contributed by atoms with Gasteiger partial charge in [0.25, 0.3) is 5.69 Å². The van der Waals surface area contributed by atoms with Gasteiger partial charge in [0.15, 0.2) is 5.17 Å². The van der Waals surface area contributed by atoms with Crippen LogP contribution in [0.25, 0.3) is 0 Å². The normalized spacial score (nSPS) is 19.5. The Morgan fingerprint density at radius 2 is 2.44 bits per heavy atom. The average Bonchev–Trinajstić information content (AvgIpc) is 2.64. The van der Waals surface area contributed by atoms with Gasteiger partial charge in [-0.3, -0.25) is 15.1 Å². The van der Waals surface area contributed by atoms with E-state index >= 15 is 0 Å². The second-order valence-corrected chi connectivity index (χ2v) is 4.60. The number of aliphatic imine (C=N–C) groups is 1. The van der Waals surface area contributed by atoms with Crippen molar-refractivity contribution in [3.05, 3.63) is 39.9 Å². The molecule has 0 aliphatic carbocycles. The van der Waals surface area contributed by atoms with Gasteiger partial charge in [0.1, 0.15) is 0 Å². The van der Waals surface area contributed by atoms with Gasteiger partial charge in [0.2, 0.25) is 0 Å². The number of non-ortho nitro benzene ring substituents is 1. The fourth-order valence-corrected chi connectivity index (χ4v) is 2.39. The Balaban J connectivity index is 2.10. The maximum Gasteiger partial charge on any atom is 0.269 e. The third-order valence-corrected chi connectivity index (χ3v) is 3.28. The Morgan fingerprint density at radius 1 is 1.62 bits per heavy atom. The van der Waals surface area contributed by atoms with Crippen molar-refractivity contribution in [2.24, 2.45) is 10.7 Å². The molecule has 0 amide bonds. The SMILES string of the molecule is NC1=N[C@@H](Cc2cccc([N+](=O)[O-])c2)CS1. The van der Waals surface area contributed by atoms with Crippen molar-refractivity contribution >= 4 is 22.6 Å². The molecule has 0 bridgehead atoms. The highest BCUT2D eigenvalue weighted by atomic mass is 32.2. The molecule has 0 radical (unpaired) electrons. The van der Waals surface area contributed by atoms with Crippen molar-refractivity contribution in [3.63, 3.8) is 0 Å². The van der Waals surface area contributed by atoms with Crippen LogP contribution in [0.5, 0.6) is 0 Å². The van der Waals surface area contributed by atoms with Gasteiger partial charge in [-0.05, 0) is 12.0 Å². The molecule has 1 aliphatic heterocycles. The minimum Gasteiger partial charge on any atom is -0.379 e. The number of nitro groups is 1. The first-order valence-electron chi connectivity index (χ1n) is 4.84. The van der Waals surface area contributed by atoms with Crippen molar-refractivity contribution in [2.45, 2.75) is 12.5 Å². The molecule has 0 spiro atoms. The lowest BCUT2D eigenvalue weighted by Crippen LogP contribution is -2.08. The Kier molecular flexibility index (Phi) is 3.09. The summed E-state index contributed by atoms with van der Waals surface area (Å²) in [7, 11) is 0. The van der Waals surface area contributed by atoms with Gasteiger partial charge in [0.05, 0.1) is 11.0 Å². The zero-order valence-electron chi connectivity index (χ0n) is 8.50. The summed E-state index contributed by atoms with van der Waals surface area (Å²) < 4.78 is 0. The highest BCUT2D eigenvalue weighted by molar-refractivity contribution is 8.14. The van der Waals surface area contributed by atoms with Crippen molar-refractivity contribution in [2.75, 3.05) is 5.75 Å². The molecule has 6 heteroatoms. The Labute approximate surface area is 96.9 Å². The van der Waals surface area contributed by atoms with Crippen LogP contribution in [-0.2, 0) is 6.42 Å². The van der Waals surface area contributed by atoms with E-state index in [-0.39, 0.29) is 16.7 Å². The van der Waals surface area contributed by atoms with Crippen LogP contribution in [0.3, 0.4) is 0 Å². The number of nitrogens with zero attached hydrogens (tertiary/aromatic N) is 2. The lowest BCUT2D eigenvalue weighted by molar-refractivity contribution is -0.384. The van der Waals surface area contributed by atoms with Crippen LogP contribution in [0.2, 0.25) is 0 Å². The number of rotatable bonds is 3. The maximum absolute atomic E-state index is 10.6. The van der Waals surface area contributed by atoms with Crippen LogP contribution in [-0.4, -0.2) is 21.9 Å². The highest BCUT2D eigenvalue weighted by Gasteiger charge is 2.17. The number of hydrogen-bond acceptors (Lipinski definition) is 5. The van der Waals surface area contributed by atoms with E-state index in [1.54, 1.807) is 12.1 Å². The van der Waals surface area contributed by atoms with Crippen molar-refractivity contribution in [3.8, 4) is 0 Å². The van der Waals surface area contributed by atoms with Crippen LogP contribution < -0.4 is 5.73 Å². The monoisotopic (exact) mass is 237 g/mol. The second kappa shape index (κ2) is 4.52. The first-order chi connectivity index (χ1) is 7.65. The first-order valence-corrected chi connectivity index (χ1v) is 5.83. The molecular formula is C10H11N3O2S. The summed E-state index contributed by atoms with van der Waals surface area (Å²) in [4.78, 5) is 14.5. The molecule has 0 unspecified atom stereocenters. The number of amidine groups is 1. The van der Waals surface area contributed by atoms with Gasteiger partial charge >= 0.3 is 0 Å². The highest BCUT2D eigenvalue weighted by Crippen LogP contribution is 2.20. The molecular weight excluding hydrogens is 226 g/mol. The average molecular weight is 237 g/mol. The third-order valence-electron chi connectivity index (χ3n) is 2.33. The van der Waals surface area contributed by atoms with Crippen molar-refractivity contribution in [1.82, 2.24) is 0 Å². The van der Waals surface area contributed by atoms with E-state index in [1.165, 1.54) is 17.8 Å². The Bertz CT molecular complexity index is 447. The molecule has 1 atom stereocenters. The topological polar surface area (TPSA) is 81.5 Å². The van der Waals surface area contributed by atoms with Gasteiger partial charge in [0, 0.05) is 17.9 Å². The summed E-state index contributed by atoms with van der Waals surface area (Å²) in [5.74, 6) is 0.856. The quantitative estimate of drug-likeness (QED) is 0.639.